The van der Waals surface area contributed by atoms with E-state index in [1.54, 1.807) is 14.2 Å². The molecule has 0 aliphatic heterocycles. The Labute approximate surface area is 182 Å². The fraction of sp³-hybridized carbons (Fsp3) is 0.360. The van der Waals surface area contributed by atoms with Gasteiger partial charge in [0.15, 0.2) is 5.41 Å². The standard InChI is InChI=1S/C25H28O6/c1-16-14-25(23(26)30-4,24(27)31-5)15-20(16)22(17-9-7-6-8-10-17)19-12-11-18(28-2)13-21(19)29-3/h6-13,22H,14-15H2,1-5H3. The van der Waals surface area contributed by atoms with Crippen LogP contribution in [0.3, 0.4) is 0 Å². The van der Waals surface area contributed by atoms with Gasteiger partial charge >= 0.3 is 11.9 Å². The van der Waals surface area contributed by atoms with Crippen molar-refractivity contribution in [3.8, 4) is 11.5 Å². The van der Waals surface area contributed by atoms with E-state index in [0.717, 1.165) is 22.3 Å². The van der Waals surface area contributed by atoms with Crippen molar-refractivity contribution >= 4 is 11.9 Å². The lowest BCUT2D eigenvalue weighted by Crippen LogP contribution is -2.39. The SMILES string of the molecule is COC(=O)C1(C(=O)OC)CC(C)=C(C(c2ccccc2)c2ccc(OC)cc2OC)C1. The van der Waals surface area contributed by atoms with Gasteiger partial charge in [0.2, 0.25) is 0 Å². The molecule has 0 fully saturated rings. The van der Waals surface area contributed by atoms with Crippen molar-refractivity contribution in [1.82, 2.24) is 0 Å². The van der Waals surface area contributed by atoms with E-state index < -0.39 is 17.4 Å². The molecule has 0 saturated heterocycles. The third-order valence-corrected chi connectivity index (χ3v) is 5.99. The van der Waals surface area contributed by atoms with Gasteiger partial charge in [0.05, 0.1) is 28.4 Å². The van der Waals surface area contributed by atoms with Crippen molar-refractivity contribution in [1.29, 1.82) is 0 Å². The minimum Gasteiger partial charge on any atom is -0.497 e. The van der Waals surface area contributed by atoms with Crippen LogP contribution in [0, 0.1) is 5.41 Å². The van der Waals surface area contributed by atoms with Crippen LogP contribution in [0.1, 0.15) is 36.8 Å². The van der Waals surface area contributed by atoms with E-state index in [0.29, 0.717) is 11.5 Å². The van der Waals surface area contributed by atoms with E-state index in [9.17, 15) is 9.59 Å². The molecule has 1 aliphatic carbocycles. The van der Waals surface area contributed by atoms with Gasteiger partial charge in [-0.3, -0.25) is 9.59 Å². The second kappa shape index (κ2) is 9.25. The van der Waals surface area contributed by atoms with Crippen LogP contribution in [-0.4, -0.2) is 40.4 Å². The van der Waals surface area contributed by atoms with Crippen LogP contribution < -0.4 is 9.47 Å². The first-order valence-corrected chi connectivity index (χ1v) is 10.0. The number of esters is 2. The van der Waals surface area contributed by atoms with Gasteiger partial charge in [-0.15, -0.1) is 0 Å². The smallest absolute Gasteiger partial charge is 0.323 e. The number of methoxy groups -OCH3 is 4. The number of allylic oxidation sites excluding steroid dienone is 2. The summed E-state index contributed by atoms with van der Waals surface area (Å²) in [4.78, 5) is 25.5. The van der Waals surface area contributed by atoms with Gasteiger partial charge in [0.1, 0.15) is 11.5 Å². The van der Waals surface area contributed by atoms with Crippen molar-refractivity contribution in [3.63, 3.8) is 0 Å². The topological polar surface area (TPSA) is 71.1 Å². The van der Waals surface area contributed by atoms with Gasteiger partial charge in [0.25, 0.3) is 0 Å². The normalized spacial score (nSPS) is 15.9. The van der Waals surface area contributed by atoms with Gasteiger partial charge in [-0.2, -0.15) is 0 Å². The molecule has 164 valence electrons. The minimum atomic E-state index is -1.38. The average Bonchev–Trinajstić information content (AvgIpc) is 3.16. The minimum absolute atomic E-state index is 0.210. The summed E-state index contributed by atoms with van der Waals surface area (Å²) < 4.78 is 21.1. The summed E-state index contributed by atoms with van der Waals surface area (Å²) in [7, 11) is 5.81. The van der Waals surface area contributed by atoms with Crippen LogP contribution >= 0.6 is 0 Å². The first-order valence-electron chi connectivity index (χ1n) is 10.0. The monoisotopic (exact) mass is 424 g/mol. The molecule has 3 rings (SSSR count). The van der Waals surface area contributed by atoms with E-state index in [1.807, 2.05) is 55.5 Å². The Bertz CT molecular complexity index is 976. The van der Waals surface area contributed by atoms with E-state index in [4.69, 9.17) is 18.9 Å². The van der Waals surface area contributed by atoms with Crippen molar-refractivity contribution in [2.75, 3.05) is 28.4 Å². The van der Waals surface area contributed by atoms with Crippen molar-refractivity contribution in [2.45, 2.75) is 25.7 Å². The summed E-state index contributed by atoms with van der Waals surface area (Å²) in [5.74, 6) is -0.0206. The maximum atomic E-state index is 12.7. The van der Waals surface area contributed by atoms with Gasteiger partial charge in [-0.25, -0.2) is 0 Å². The highest BCUT2D eigenvalue weighted by Crippen LogP contribution is 2.51. The lowest BCUT2D eigenvalue weighted by atomic mass is 9.78. The van der Waals surface area contributed by atoms with Crippen LogP contribution in [0.5, 0.6) is 11.5 Å². The Kier molecular flexibility index (Phi) is 6.68. The third kappa shape index (κ3) is 4.02. The largest absolute Gasteiger partial charge is 0.497 e. The summed E-state index contributed by atoms with van der Waals surface area (Å²) in [6.45, 7) is 1.95. The number of hydrogen-bond acceptors (Lipinski definition) is 6. The molecule has 2 aromatic carbocycles. The lowest BCUT2D eigenvalue weighted by Gasteiger charge is -2.27. The third-order valence-electron chi connectivity index (χ3n) is 5.99. The number of carbonyl (C=O) groups is 2. The maximum absolute atomic E-state index is 12.7. The Morgan fingerprint density at radius 3 is 2.06 bits per heavy atom. The molecule has 0 bridgehead atoms. The summed E-state index contributed by atoms with van der Waals surface area (Å²) >= 11 is 0. The highest BCUT2D eigenvalue weighted by atomic mass is 16.5. The van der Waals surface area contributed by atoms with E-state index in [1.165, 1.54) is 14.2 Å². The van der Waals surface area contributed by atoms with Gasteiger partial charge < -0.3 is 18.9 Å². The molecule has 0 heterocycles. The number of benzene rings is 2. The van der Waals surface area contributed by atoms with Crippen LogP contribution in [-0.2, 0) is 19.1 Å². The predicted molar refractivity (Wildman–Crippen MR) is 116 cm³/mol. The molecule has 0 N–H and O–H groups in total. The highest BCUT2D eigenvalue weighted by molar-refractivity contribution is 6.01. The zero-order chi connectivity index (χ0) is 22.6. The molecule has 0 spiro atoms. The highest BCUT2D eigenvalue weighted by Gasteiger charge is 2.53. The maximum Gasteiger partial charge on any atom is 0.323 e. The average molecular weight is 424 g/mol. The molecular weight excluding hydrogens is 396 g/mol. The summed E-state index contributed by atoms with van der Waals surface area (Å²) in [6, 6.07) is 15.6. The molecule has 31 heavy (non-hydrogen) atoms. The van der Waals surface area contributed by atoms with Gasteiger partial charge in [-0.1, -0.05) is 47.5 Å². The Morgan fingerprint density at radius 2 is 1.52 bits per heavy atom. The molecule has 1 aliphatic rings. The summed E-state index contributed by atoms with van der Waals surface area (Å²) in [5.41, 5.74) is 2.52. The van der Waals surface area contributed by atoms with E-state index in [-0.39, 0.29) is 18.8 Å². The van der Waals surface area contributed by atoms with Gasteiger partial charge in [0, 0.05) is 17.5 Å². The molecule has 0 saturated carbocycles. The van der Waals surface area contributed by atoms with E-state index in [2.05, 4.69) is 0 Å². The van der Waals surface area contributed by atoms with Crippen molar-refractivity contribution in [3.05, 3.63) is 70.8 Å². The summed E-state index contributed by atoms with van der Waals surface area (Å²) in [6.07, 6.45) is 0.469. The fourth-order valence-electron chi connectivity index (χ4n) is 4.49. The molecule has 0 amide bonds. The van der Waals surface area contributed by atoms with Crippen LogP contribution in [0.4, 0.5) is 0 Å². The predicted octanol–water partition coefficient (Wildman–Crippen LogP) is 4.28. The zero-order valence-electron chi connectivity index (χ0n) is 18.6. The number of carbonyl (C=O) groups excluding carboxylic acids is 2. The molecule has 1 unspecified atom stereocenters. The lowest BCUT2D eigenvalue weighted by molar-refractivity contribution is -0.168. The molecule has 6 heteroatoms. The Morgan fingerprint density at radius 1 is 0.871 bits per heavy atom. The summed E-state index contributed by atoms with van der Waals surface area (Å²) in [5, 5.41) is 0. The molecule has 6 nitrogen and oxygen atoms in total. The van der Waals surface area contributed by atoms with Gasteiger partial charge in [-0.05, 0) is 31.4 Å². The zero-order valence-corrected chi connectivity index (χ0v) is 18.6. The quantitative estimate of drug-likeness (QED) is 0.375. The first-order chi connectivity index (χ1) is 14.9. The fourth-order valence-corrected chi connectivity index (χ4v) is 4.49. The number of ether oxygens (including phenoxy) is 4. The molecule has 0 radical (unpaired) electrons. The molecule has 0 aromatic heterocycles. The molecular formula is C25H28O6. The van der Waals surface area contributed by atoms with Crippen molar-refractivity contribution < 1.29 is 28.5 Å². The Balaban J connectivity index is 2.17. The number of hydrogen-bond donors (Lipinski definition) is 0. The van der Waals surface area contributed by atoms with Crippen LogP contribution in [0.15, 0.2) is 59.7 Å². The first kappa shape index (κ1) is 22.4. The van der Waals surface area contributed by atoms with Crippen molar-refractivity contribution in [2.24, 2.45) is 5.41 Å². The second-order valence-corrected chi connectivity index (χ2v) is 7.68. The second-order valence-electron chi connectivity index (χ2n) is 7.68. The Hall–Kier alpha value is -3.28. The van der Waals surface area contributed by atoms with E-state index >= 15 is 0 Å². The molecule has 2 aromatic rings. The molecule has 1 atom stereocenters. The van der Waals surface area contributed by atoms with Crippen LogP contribution in [0.25, 0.3) is 0 Å². The van der Waals surface area contributed by atoms with Crippen LogP contribution in [0.2, 0.25) is 0 Å². The number of rotatable bonds is 7.